The number of fused-ring (bicyclic) bond motifs is 1. The summed E-state index contributed by atoms with van der Waals surface area (Å²) in [6.07, 6.45) is 7.01. The predicted molar refractivity (Wildman–Crippen MR) is 132 cm³/mol. The molecule has 2 aromatic rings. The van der Waals surface area contributed by atoms with Gasteiger partial charge in [0.25, 0.3) is 0 Å². The lowest BCUT2D eigenvalue weighted by atomic mass is 9.86. The Labute approximate surface area is 197 Å². The summed E-state index contributed by atoms with van der Waals surface area (Å²) in [4.78, 5) is 31.7. The number of aromatic nitrogens is 2. The fraction of sp³-hybridized carbons (Fsp3) is 0.577. The molecule has 33 heavy (non-hydrogen) atoms. The number of anilines is 2. The Bertz CT molecular complexity index is 961. The third-order valence-corrected chi connectivity index (χ3v) is 7.42. The van der Waals surface area contributed by atoms with Crippen molar-refractivity contribution in [1.29, 1.82) is 0 Å². The van der Waals surface area contributed by atoms with Gasteiger partial charge in [0.2, 0.25) is 11.9 Å². The molecule has 2 aliphatic heterocycles. The van der Waals surface area contributed by atoms with Crippen LogP contribution < -0.4 is 9.80 Å². The molecule has 1 aliphatic carbocycles. The Hall–Kier alpha value is -2.67. The molecule has 1 aromatic heterocycles. The van der Waals surface area contributed by atoms with Gasteiger partial charge in [-0.3, -0.25) is 9.69 Å². The van der Waals surface area contributed by atoms with E-state index in [2.05, 4.69) is 62.9 Å². The molecule has 1 unspecified atom stereocenters. The van der Waals surface area contributed by atoms with Gasteiger partial charge >= 0.3 is 0 Å². The highest BCUT2D eigenvalue weighted by molar-refractivity contribution is 5.79. The lowest BCUT2D eigenvalue weighted by Crippen LogP contribution is -2.50. The van der Waals surface area contributed by atoms with Crippen LogP contribution in [0.1, 0.15) is 36.1 Å². The minimum atomic E-state index is 0.0730. The first kappa shape index (κ1) is 22.1. The summed E-state index contributed by atoms with van der Waals surface area (Å²) in [5, 5.41) is 0. The molecular weight excluding hydrogens is 412 g/mol. The number of hydrogen-bond acceptors (Lipinski definition) is 6. The highest BCUT2D eigenvalue weighted by Crippen LogP contribution is 2.28. The second-order valence-electron chi connectivity index (χ2n) is 9.94. The van der Waals surface area contributed by atoms with Gasteiger partial charge in [0.05, 0.1) is 0 Å². The van der Waals surface area contributed by atoms with Crippen LogP contribution in [-0.4, -0.2) is 79.0 Å². The maximum atomic E-state index is 13.3. The molecular formula is C26H36N6O. The van der Waals surface area contributed by atoms with Gasteiger partial charge in [0.15, 0.2) is 0 Å². The molecule has 0 radical (unpaired) electrons. The van der Waals surface area contributed by atoms with E-state index >= 15 is 0 Å². The summed E-state index contributed by atoms with van der Waals surface area (Å²) in [6, 6.07) is 8.77. The highest BCUT2D eigenvalue weighted by Gasteiger charge is 2.31. The van der Waals surface area contributed by atoms with E-state index in [1.165, 1.54) is 29.7 Å². The van der Waals surface area contributed by atoms with E-state index in [-0.39, 0.29) is 5.92 Å². The number of amides is 1. The zero-order valence-corrected chi connectivity index (χ0v) is 20.0. The smallest absolute Gasteiger partial charge is 0.226 e. The zero-order chi connectivity index (χ0) is 22.8. The Kier molecular flexibility index (Phi) is 6.49. The minimum absolute atomic E-state index is 0.0730. The van der Waals surface area contributed by atoms with Gasteiger partial charge in [-0.05, 0) is 55.4 Å². The first-order valence-electron chi connectivity index (χ1n) is 12.4. The number of rotatable bonds is 5. The molecule has 0 N–H and O–H groups in total. The van der Waals surface area contributed by atoms with Crippen LogP contribution in [0.4, 0.5) is 11.6 Å². The van der Waals surface area contributed by atoms with Gasteiger partial charge in [0, 0.05) is 83.4 Å². The lowest BCUT2D eigenvalue weighted by Gasteiger charge is -2.37. The minimum Gasteiger partial charge on any atom is -0.378 e. The molecule has 3 heterocycles. The fourth-order valence-electron chi connectivity index (χ4n) is 5.32. The third kappa shape index (κ3) is 4.98. The number of piperazine rings is 1. The molecule has 7 nitrogen and oxygen atoms in total. The van der Waals surface area contributed by atoms with Crippen molar-refractivity contribution in [3.63, 3.8) is 0 Å². The number of carbonyl (C=O) groups is 1. The van der Waals surface area contributed by atoms with Crippen molar-refractivity contribution in [2.24, 2.45) is 5.92 Å². The standard InChI is InChI=1S/C26H36N6O/c1-29(2)23-8-5-20(6-9-23)19-30-13-15-31(16-14-30)25(33)21-7-10-24-22(17-21)18-27-26(28-24)32-11-3-4-12-32/h5-6,8-9,18,21H,3-4,7,10-17,19H2,1-2H3. The van der Waals surface area contributed by atoms with Crippen molar-refractivity contribution in [2.45, 2.75) is 38.6 Å². The molecule has 2 fully saturated rings. The quantitative estimate of drug-likeness (QED) is 0.701. The van der Waals surface area contributed by atoms with Crippen LogP contribution in [0.5, 0.6) is 0 Å². The van der Waals surface area contributed by atoms with Gasteiger partial charge in [-0.2, -0.15) is 0 Å². The fourth-order valence-corrected chi connectivity index (χ4v) is 5.32. The molecule has 3 aliphatic rings. The SMILES string of the molecule is CN(C)c1ccc(CN2CCN(C(=O)C3CCc4nc(N5CCCC5)ncc4C3)CC2)cc1. The van der Waals surface area contributed by atoms with E-state index < -0.39 is 0 Å². The van der Waals surface area contributed by atoms with E-state index in [0.29, 0.717) is 5.91 Å². The van der Waals surface area contributed by atoms with Gasteiger partial charge in [0.1, 0.15) is 0 Å². The molecule has 176 valence electrons. The van der Waals surface area contributed by atoms with Crippen LogP contribution in [0.3, 0.4) is 0 Å². The summed E-state index contributed by atoms with van der Waals surface area (Å²) in [7, 11) is 4.13. The van der Waals surface area contributed by atoms with E-state index in [4.69, 9.17) is 4.98 Å². The molecule has 1 amide bonds. The average Bonchev–Trinajstić information content (AvgIpc) is 3.39. The summed E-state index contributed by atoms with van der Waals surface area (Å²) in [5.41, 5.74) is 4.88. The van der Waals surface area contributed by atoms with E-state index in [1.807, 2.05) is 6.20 Å². The topological polar surface area (TPSA) is 55.8 Å². The molecule has 0 saturated carbocycles. The maximum absolute atomic E-state index is 13.3. The van der Waals surface area contributed by atoms with Crippen LogP contribution >= 0.6 is 0 Å². The summed E-state index contributed by atoms with van der Waals surface area (Å²) in [6.45, 7) is 6.59. The van der Waals surface area contributed by atoms with Crippen LogP contribution in [0.2, 0.25) is 0 Å². The second kappa shape index (κ2) is 9.67. The first-order valence-corrected chi connectivity index (χ1v) is 12.4. The Balaban J connectivity index is 1.13. The second-order valence-corrected chi connectivity index (χ2v) is 9.94. The van der Waals surface area contributed by atoms with E-state index in [1.54, 1.807) is 0 Å². The molecule has 1 atom stereocenters. The monoisotopic (exact) mass is 448 g/mol. The third-order valence-electron chi connectivity index (χ3n) is 7.42. The molecule has 0 bridgehead atoms. The van der Waals surface area contributed by atoms with Crippen LogP contribution in [0, 0.1) is 5.92 Å². The Morgan fingerprint density at radius 3 is 2.45 bits per heavy atom. The number of nitrogens with zero attached hydrogens (tertiary/aromatic N) is 6. The number of hydrogen-bond donors (Lipinski definition) is 0. The van der Waals surface area contributed by atoms with Crippen molar-refractivity contribution in [3.8, 4) is 0 Å². The average molecular weight is 449 g/mol. The number of carbonyl (C=O) groups excluding carboxylic acids is 1. The van der Waals surface area contributed by atoms with Crippen molar-refractivity contribution in [1.82, 2.24) is 19.8 Å². The van der Waals surface area contributed by atoms with Crippen molar-refractivity contribution in [3.05, 3.63) is 47.3 Å². The molecule has 1 aromatic carbocycles. The van der Waals surface area contributed by atoms with E-state index in [0.717, 1.165) is 76.7 Å². The van der Waals surface area contributed by atoms with Crippen LogP contribution in [0.25, 0.3) is 0 Å². The number of benzene rings is 1. The van der Waals surface area contributed by atoms with Crippen molar-refractivity contribution in [2.75, 3.05) is 63.2 Å². The van der Waals surface area contributed by atoms with E-state index in [9.17, 15) is 4.79 Å². The largest absolute Gasteiger partial charge is 0.378 e. The molecule has 5 rings (SSSR count). The van der Waals surface area contributed by atoms with Gasteiger partial charge in [-0.25, -0.2) is 9.97 Å². The predicted octanol–water partition coefficient (Wildman–Crippen LogP) is 2.59. The van der Waals surface area contributed by atoms with Gasteiger partial charge in [-0.1, -0.05) is 12.1 Å². The highest BCUT2D eigenvalue weighted by atomic mass is 16.2. The van der Waals surface area contributed by atoms with Gasteiger partial charge in [-0.15, -0.1) is 0 Å². The Morgan fingerprint density at radius 1 is 1.03 bits per heavy atom. The molecule has 0 spiro atoms. The normalized spacial score (nSPS) is 21.2. The first-order chi connectivity index (χ1) is 16.1. The molecule has 2 saturated heterocycles. The van der Waals surface area contributed by atoms with Crippen LogP contribution in [0.15, 0.2) is 30.5 Å². The number of aryl methyl sites for hydroxylation is 1. The summed E-state index contributed by atoms with van der Waals surface area (Å²) >= 11 is 0. The Morgan fingerprint density at radius 2 is 1.76 bits per heavy atom. The van der Waals surface area contributed by atoms with Crippen molar-refractivity contribution >= 4 is 17.5 Å². The van der Waals surface area contributed by atoms with Crippen molar-refractivity contribution < 1.29 is 4.79 Å². The summed E-state index contributed by atoms with van der Waals surface area (Å²) < 4.78 is 0. The lowest BCUT2D eigenvalue weighted by molar-refractivity contribution is -0.137. The molecule has 7 heteroatoms. The van der Waals surface area contributed by atoms with Crippen LogP contribution in [-0.2, 0) is 24.2 Å². The zero-order valence-electron chi connectivity index (χ0n) is 20.0. The summed E-state index contributed by atoms with van der Waals surface area (Å²) in [5.74, 6) is 1.27. The maximum Gasteiger partial charge on any atom is 0.226 e. The van der Waals surface area contributed by atoms with Gasteiger partial charge < -0.3 is 14.7 Å².